The molecule has 3 aromatic carbocycles. The topological polar surface area (TPSA) is 23.5 Å². The smallest absolute Gasteiger partial charge is 0.459 e. The van der Waals surface area contributed by atoms with Gasteiger partial charge in [0.15, 0.2) is 0 Å². The molecule has 1 N–H and O–H groups in total. The Morgan fingerprint density at radius 3 is 1.59 bits per heavy atom. The van der Waals surface area contributed by atoms with Crippen LogP contribution in [0.3, 0.4) is 0 Å². The summed E-state index contributed by atoms with van der Waals surface area (Å²) in [5.74, 6) is 0.222. The Kier molecular flexibility index (Phi) is 9.89. The van der Waals surface area contributed by atoms with E-state index in [9.17, 15) is 5.11 Å². The Balaban J connectivity index is 0.000000280. The molecule has 0 saturated carbocycles. The molecule has 1 heterocycles. The number of benzene rings is 3. The minimum absolute atomic E-state index is 0. The summed E-state index contributed by atoms with van der Waals surface area (Å²) in [5, 5.41) is 11.6. The van der Waals surface area contributed by atoms with Gasteiger partial charge in [0.2, 0.25) is 0 Å². The summed E-state index contributed by atoms with van der Waals surface area (Å²) >= 11 is 0. The van der Waals surface area contributed by atoms with Crippen LogP contribution in [0.15, 0.2) is 84.9 Å². The second kappa shape index (κ2) is 11.9. The summed E-state index contributed by atoms with van der Waals surface area (Å²) in [6, 6.07) is 31.3. The van der Waals surface area contributed by atoms with Crippen molar-refractivity contribution in [3.05, 3.63) is 115 Å². The second-order valence-electron chi connectivity index (χ2n) is 9.43. The predicted octanol–water partition coefficient (Wildman–Crippen LogP) is 6.21. The first-order valence-corrected chi connectivity index (χ1v) is 11.2. The maximum Gasteiger partial charge on any atom is 2.00 e. The van der Waals surface area contributed by atoms with Gasteiger partial charge < -0.3 is 10.0 Å². The zero-order valence-electron chi connectivity index (χ0n) is 19.5. The number of aliphatic hydroxyl groups is 1. The van der Waals surface area contributed by atoms with Crippen LogP contribution in [0, 0.1) is 19.0 Å². The minimum Gasteiger partial charge on any atom is -0.459 e. The van der Waals surface area contributed by atoms with E-state index in [1.807, 2.05) is 72.8 Å². The van der Waals surface area contributed by atoms with Crippen molar-refractivity contribution in [3.8, 4) is 0 Å². The van der Waals surface area contributed by atoms with Gasteiger partial charge in [-0.15, -0.1) is 0 Å². The molecule has 0 unspecified atom stereocenters. The average molecular weight is 597 g/mol. The van der Waals surface area contributed by atoms with Crippen LogP contribution in [0.5, 0.6) is 0 Å². The zero-order chi connectivity index (χ0) is 22.3. The van der Waals surface area contributed by atoms with Gasteiger partial charge in [0.05, 0.1) is 0 Å². The Bertz CT molecular complexity index is 859. The van der Waals surface area contributed by atoms with Gasteiger partial charge in [-0.3, -0.25) is 7.05 Å². The molecule has 0 spiro atoms. The van der Waals surface area contributed by atoms with Crippen molar-refractivity contribution in [2.75, 3.05) is 13.1 Å². The van der Waals surface area contributed by atoms with E-state index < -0.39 is 5.60 Å². The molecule has 0 radical (unpaired) electrons. The number of rotatable bonds is 3. The largest absolute Gasteiger partial charge is 2.00 e. The first kappa shape index (κ1) is 26.5. The summed E-state index contributed by atoms with van der Waals surface area (Å²) < 4.78 is 0. The van der Waals surface area contributed by atoms with Gasteiger partial charge in [0.25, 0.3) is 0 Å². The van der Waals surface area contributed by atoms with Crippen LogP contribution in [0.1, 0.15) is 50.3 Å². The SMILES string of the molecule is CC(C)(C)c1cc[c-]cc1.[CH2-]N1CCC(C(O)(c2ccccc2)c2ccccc2)CC1.[W+2]. The second-order valence-corrected chi connectivity index (χ2v) is 9.43. The van der Waals surface area contributed by atoms with E-state index in [0.29, 0.717) is 0 Å². The molecule has 1 aliphatic rings. The molecular formula is C29H35NOW. The van der Waals surface area contributed by atoms with E-state index >= 15 is 0 Å². The maximum absolute atomic E-state index is 11.6. The van der Waals surface area contributed by atoms with Crippen molar-refractivity contribution in [1.29, 1.82) is 0 Å². The number of likely N-dealkylation sites (tertiary alicyclic amines) is 1. The van der Waals surface area contributed by atoms with Gasteiger partial charge in [-0.05, 0) is 48.4 Å². The Morgan fingerprint density at radius 2 is 1.22 bits per heavy atom. The maximum atomic E-state index is 11.6. The molecule has 32 heavy (non-hydrogen) atoms. The molecular weight excluding hydrogens is 562 g/mol. The van der Waals surface area contributed by atoms with E-state index in [2.05, 4.69) is 50.9 Å². The van der Waals surface area contributed by atoms with E-state index in [1.165, 1.54) is 5.56 Å². The summed E-state index contributed by atoms with van der Waals surface area (Å²) in [4.78, 5) is 2.09. The van der Waals surface area contributed by atoms with Crippen LogP contribution >= 0.6 is 0 Å². The summed E-state index contributed by atoms with van der Waals surface area (Å²) in [7, 11) is 4.01. The number of nitrogens with zero attached hydrogens (tertiary/aromatic N) is 1. The molecule has 4 rings (SSSR count). The van der Waals surface area contributed by atoms with Gasteiger partial charge in [-0.25, -0.2) is 0 Å². The Labute approximate surface area is 209 Å². The molecule has 1 saturated heterocycles. The number of hydrogen-bond donors (Lipinski definition) is 1. The van der Waals surface area contributed by atoms with Gasteiger partial charge in [-0.2, -0.15) is 35.9 Å². The zero-order valence-corrected chi connectivity index (χ0v) is 22.4. The van der Waals surface area contributed by atoms with Crippen molar-refractivity contribution in [1.82, 2.24) is 4.90 Å². The molecule has 0 aromatic heterocycles. The molecule has 2 nitrogen and oxygen atoms in total. The van der Waals surface area contributed by atoms with E-state index in [0.717, 1.165) is 37.1 Å². The molecule has 1 fully saturated rings. The molecule has 1 aliphatic heterocycles. The molecule has 0 atom stereocenters. The quantitative estimate of drug-likeness (QED) is 0.364. The monoisotopic (exact) mass is 597 g/mol. The van der Waals surface area contributed by atoms with E-state index in [-0.39, 0.29) is 32.4 Å². The fourth-order valence-corrected chi connectivity index (χ4v) is 4.26. The van der Waals surface area contributed by atoms with Crippen molar-refractivity contribution >= 4 is 0 Å². The van der Waals surface area contributed by atoms with Gasteiger partial charge in [0, 0.05) is 0 Å². The summed E-state index contributed by atoms with van der Waals surface area (Å²) in [6.45, 7) is 8.51. The fraction of sp³-hybridized carbons (Fsp3) is 0.345. The third-order valence-corrected chi connectivity index (χ3v) is 6.19. The number of piperidine rings is 1. The van der Waals surface area contributed by atoms with Crippen molar-refractivity contribution in [2.24, 2.45) is 5.92 Å². The third-order valence-electron chi connectivity index (χ3n) is 6.19. The van der Waals surface area contributed by atoms with Crippen molar-refractivity contribution in [3.63, 3.8) is 0 Å². The first-order chi connectivity index (χ1) is 14.8. The van der Waals surface area contributed by atoms with E-state index in [1.54, 1.807) is 0 Å². The molecule has 0 aliphatic carbocycles. The molecule has 168 valence electrons. The summed E-state index contributed by atoms with van der Waals surface area (Å²) in [5.41, 5.74) is 2.70. The summed E-state index contributed by atoms with van der Waals surface area (Å²) in [6.07, 6.45) is 1.92. The van der Waals surface area contributed by atoms with E-state index in [4.69, 9.17) is 0 Å². The van der Waals surface area contributed by atoms with Crippen LogP contribution in [-0.2, 0) is 32.1 Å². The van der Waals surface area contributed by atoms with Crippen LogP contribution in [0.2, 0.25) is 0 Å². The number of hydrogen-bond acceptors (Lipinski definition) is 2. The Morgan fingerprint density at radius 1 is 0.781 bits per heavy atom. The van der Waals surface area contributed by atoms with Crippen LogP contribution in [0.25, 0.3) is 0 Å². The molecule has 3 heteroatoms. The molecule has 0 bridgehead atoms. The molecule has 3 aromatic rings. The van der Waals surface area contributed by atoms with Gasteiger partial charge >= 0.3 is 21.1 Å². The van der Waals surface area contributed by atoms with Crippen molar-refractivity contribution in [2.45, 2.75) is 44.6 Å². The molecule has 0 amide bonds. The van der Waals surface area contributed by atoms with Crippen LogP contribution in [-0.4, -0.2) is 23.1 Å². The van der Waals surface area contributed by atoms with Crippen LogP contribution < -0.4 is 0 Å². The van der Waals surface area contributed by atoms with Gasteiger partial charge in [-0.1, -0.05) is 81.4 Å². The predicted molar refractivity (Wildman–Crippen MR) is 130 cm³/mol. The average Bonchev–Trinajstić information content (AvgIpc) is 2.81. The van der Waals surface area contributed by atoms with Crippen molar-refractivity contribution < 1.29 is 26.2 Å². The minimum atomic E-state index is -0.913. The van der Waals surface area contributed by atoms with Gasteiger partial charge in [0.1, 0.15) is 5.60 Å². The Hall–Kier alpha value is -1.73. The normalized spacial score (nSPS) is 15.3. The standard InChI is InChI=1S/C19H22NO.C10H13.W/c1-20-14-12-18(13-15-20)19(21,16-8-4-2-5-9-16)17-10-6-3-7-11-17;1-10(2,3)9-7-5-4-6-8-9;/h2-11,18,21H,1,12-15H2;5-8H,1-3H3;/q2*-1;+2. The third kappa shape index (κ3) is 6.64. The van der Waals surface area contributed by atoms with Crippen LogP contribution in [0.4, 0.5) is 0 Å². The first-order valence-electron chi connectivity index (χ1n) is 11.2. The fourth-order valence-electron chi connectivity index (χ4n) is 4.26.